The van der Waals surface area contributed by atoms with Crippen molar-refractivity contribution in [2.45, 2.75) is 25.0 Å². The number of nitrogens with zero attached hydrogens (tertiary/aromatic N) is 2. The van der Waals surface area contributed by atoms with Crippen LogP contribution in [0.1, 0.15) is 28.8 Å². The van der Waals surface area contributed by atoms with Crippen molar-refractivity contribution in [3.63, 3.8) is 0 Å². The van der Waals surface area contributed by atoms with Gasteiger partial charge in [0.2, 0.25) is 0 Å². The van der Waals surface area contributed by atoms with E-state index in [4.69, 9.17) is 5.84 Å². The van der Waals surface area contributed by atoms with Gasteiger partial charge in [-0.25, -0.2) is 5.84 Å². The number of fused-ring (bicyclic) bond motifs is 1. The highest BCUT2D eigenvalue weighted by Gasteiger charge is 2.45. The van der Waals surface area contributed by atoms with Gasteiger partial charge in [0, 0.05) is 38.2 Å². The van der Waals surface area contributed by atoms with Gasteiger partial charge in [-0.2, -0.15) is 0 Å². The van der Waals surface area contributed by atoms with E-state index in [1.165, 1.54) is 10.6 Å². The number of benzene rings is 2. The summed E-state index contributed by atoms with van der Waals surface area (Å²) < 4.78 is 0. The van der Waals surface area contributed by atoms with Crippen molar-refractivity contribution in [3.05, 3.63) is 65.7 Å². The van der Waals surface area contributed by atoms with Gasteiger partial charge in [-0.15, -0.1) is 0 Å². The second-order valence-corrected chi connectivity index (χ2v) is 6.64. The van der Waals surface area contributed by atoms with E-state index in [1.807, 2.05) is 30.3 Å². The first-order chi connectivity index (χ1) is 11.7. The monoisotopic (exact) mass is 322 g/mol. The topological polar surface area (TPSA) is 61.6 Å². The molecule has 1 saturated heterocycles. The number of nitrogens with one attached hydrogen (secondary N) is 1. The Morgan fingerprint density at radius 2 is 1.67 bits per heavy atom. The molecule has 0 saturated carbocycles. The Hall–Kier alpha value is -2.37. The molecule has 1 spiro atoms. The summed E-state index contributed by atoms with van der Waals surface area (Å²) in [5.74, 6) is 6.11. The highest BCUT2D eigenvalue weighted by Crippen LogP contribution is 2.35. The van der Waals surface area contributed by atoms with Gasteiger partial charge in [0.05, 0.1) is 5.56 Å². The minimum absolute atomic E-state index is 0.0964. The number of piperidine rings is 1. The lowest BCUT2D eigenvalue weighted by Gasteiger charge is -2.50. The van der Waals surface area contributed by atoms with Crippen LogP contribution in [0.4, 0.5) is 5.69 Å². The van der Waals surface area contributed by atoms with Crippen LogP contribution in [0, 0.1) is 0 Å². The maximum Gasteiger partial charge on any atom is 0.272 e. The normalized spacial score (nSPS) is 19.9. The van der Waals surface area contributed by atoms with Crippen molar-refractivity contribution < 1.29 is 4.79 Å². The second kappa shape index (κ2) is 5.92. The number of hydrogen-bond donors (Lipinski definition) is 2. The molecule has 124 valence electrons. The number of amides is 1. The molecular weight excluding hydrogens is 300 g/mol. The summed E-state index contributed by atoms with van der Waals surface area (Å²) in [5.41, 5.74) is 2.38. The molecule has 0 radical (unpaired) electrons. The number of carbonyl (C=O) groups is 1. The number of carbonyl (C=O) groups excluding carboxylic acids is 1. The number of anilines is 1. The van der Waals surface area contributed by atoms with Crippen molar-refractivity contribution in [2.24, 2.45) is 5.84 Å². The molecule has 3 N–H and O–H groups in total. The van der Waals surface area contributed by atoms with Crippen LogP contribution in [0.3, 0.4) is 0 Å². The van der Waals surface area contributed by atoms with Crippen molar-refractivity contribution in [1.29, 1.82) is 0 Å². The molecule has 0 unspecified atom stereocenters. The van der Waals surface area contributed by atoms with Gasteiger partial charge >= 0.3 is 0 Å². The molecule has 2 heterocycles. The molecule has 2 aromatic rings. The largest absolute Gasteiger partial charge is 0.361 e. The summed E-state index contributed by atoms with van der Waals surface area (Å²) in [5, 5.41) is 4.94. The van der Waals surface area contributed by atoms with E-state index in [0.29, 0.717) is 5.56 Å². The maximum atomic E-state index is 12.6. The van der Waals surface area contributed by atoms with Crippen molar-refractivity contribution in [1.82, 2.24) is 9.91 Å². The highest BCUT2D eigenvalue weighted by atomic mass is 16.2. The average molecular weight is 322 g/mol. The molecule has 4 rings (SSSR count). The van der Waals surface area contributed by atoms with Gasteiger partial charge in [-0.1, -0.05) is 42.5 Å². The number of hydrazine groups is 1. The summed E-state index contributed by atoms with van der Waals surface area (Å²) >= 11 is 0. The van der Waals surface area contributed by atoms with E-state index in [-0.39, 0.29) is 5.91 Å². The first-order valence-electron chi connectivity index (χ1n) is 8.41. The SMILES string of the molecule is NN1C(=O)c2ccccc2NC12CCN(Cc1ccccc1)CC2. The third-order valence-corrected chi connectivity index (χ3v) is 5.14. The number of likely N-dealkylation sites (tertiary alicyclic amines) is 1. The summed E-state index contributed by atoms with van der Waals surface area (Å²) in [6, 6.07) is 18.1. The fourth-order valence-corrected chi connectivity index (χ4v) is 3.70. The summed E-state index contributed by atoms with van der Waals surface area (Å²) in [6.45, 7) is 2.75. The lowest BCUT2D eigenvalue weighted by atomic mass is 9.91. The minimum Gasteiger partial charge on any atom is -0.361 e. The minimum atomic E-state index is -0.474. The van der Waals surface area contributed by atoms with E-state index >= 15 is 0 Å². The Balaban J connectivity index is 1.49. The lowest BCUT2D eigenvalue weighted by Crippen LogP contribution is -2.66. The number of rotatable bonds is 2. The number of hydrogen-bond acceptors (Lipinski definition) is 4. The van der Waals surface area contributed by atoms with Crippen molar-refractivity contribution in [3.8, 4) is 0 Å². The quantitative estimate of drug-likeness (QED) is 0.658. The van der Waals surface area contributed by atoms with Crippen LogP contribution in [-0.4, -0.2) is 34.6 Å². The molecule has 0 aromatic heterocycles. The van der Waals surface area contributed by atoms with Gasteiger partial charge in [0.15, 0.2) is 0 Å². The fraction of sp³-hybridized carbons (Fsp3) is 0.316. The molecule has 5 nitrogen and oxygen atoms in total. The fourth-order valence-electron chi connectivity index (χ4n) is 3.70. The zero-order valence-corrected chi connectivity index (χ0v) is 13.6. The molecular formula is C19H22N4O. The zero-order chi connectivity index (χ0) is 16.6. The van der Waals surface area contributed by atoms with Crippen LogP contribution in [0.25, 0.3) is 0 Å². The molecule has 2 aliphatic rings. The van der Waals surface area contributed by atoms with Crippen LogP contribution in [0.5, 0.6) is 0 Å². The van der Waals surface area contributed by atoms with E-state index in [1.54, 1.807) is 0 Å². The predicted octanol–water partition coefficient (Wildman–Crippen LogP) is 2.42. The van der Waals surface area contributed by atoms with E-state index in [2.05, 4.69) is 34.5 Å². The summed E-state index contributed by atoms with van der Waals surface area (Å²) in [7, 11) is 0. The van der Waals surface area contributed by atoms with Crippen LogP contribution in [0.15, 0.2) is 54.6 Å². The Labute approximate surface area is 142 Å². The first kappa shape index (κ1) is 15.2. The molecule has 1 fully saturated rings. The molecule has 0 aliphatic carbocycles. The smallest absolute Gasteiger partial charge is 0.272 e. The molecule has 2 aliphatic heterocycles. The highest BCUT2D eigenvalue weighted by molar-refractivity contribution is 6.01. The molecule has 0 atom stereocenters. The van der Waals surface area contributed by atoms with Gasteiger partial charge in [0.1, 0.15) is 5.66 Å². The Kier molecular flexibility index (Phi) is 3.75. The van der Waals surface area contributed by atoms with Gasteiger partial charge in [-0.3, -0.25) is 14.7 Å². The standard InChI is InChI=1S/C19H22N4O/c20-23-18(24)16-8-4-5-9-17(16)21-19(23)10-12-22(13-11-19)14-15-6-2-1-3-7-15/h1-9,21H,10-14,20H2. The van der Waals surface area contributed by atoms with Crippen LogP contribution < -0.4 is 11.2 Å². The third kappa shape index (κ3) is 2.56. The number of para-hydroxylation sites is 1. The van der Waals surface area contributed by atoms with Gasteiger partial charge < -0.3 is 5.32 Å². The van der Waals surface area contributed by atoms with E-state index < -0.39 is 5.66 Å². The number of nitrogens with two attached hydrogens (primary N) is 1. The first-order valence-corrected chi connectivity index (χ1v) is 8.41. The molecule has 5 heteroatoms. The molecule has 24 heavy (non-hydrogen) atoms. The van der Waals surface area contributed by atoms with Crippen molar-refractivity contribution in [2.75, 3.05) is 18.4 Å². The second-order valence-electron chi connectivity index (χ2n) is 6.64. The average Bonchev–Trinajstić information content (AvgIpc) is 2.63. The van der Waals surface area contributed by atoms with Gasteiger partial charge in [0.25, 0.3) is 5.91 Å². The maximum absolute atomic E-state index is 12.6. The Bertz CT molecular complexity index is 738. The zero-order valence-electron chi connectivity index (χ0n) is 13.6. The Morgan fingerprint density at radius 1 is 1.00 bits per heavy atom. The molecule has 2 aromatic carbocycles. The summed E-state index contributed by atoms with van der Waals surface area (Å²) in [6.07, 6.45) is 1.63. The molecule has 0 bridgehead atoms. The predicted molar refractivity (Wildman–Crippen MR) is 94.1 cm³/mol. The third-order valence-electron chi connectivity index (χ3n) is 5.14. The molecule has 1 amide bonds. The lowest BCUT2D eigenvalue weighted by molar-refractivity contribution is 0.0253. The van der Waals surface area contributed by atoms with Crippen LogP contribution in [0.2, 0.25) is 0 Å². The van der Waals surface area contributed by atoms with Gasteiger partial charge in [-0.05, 0) is 17.7 Å². The van der Waals surface area contributed by atoms with Crippen LogP contribution in [-0.2, 0) is 6.54 Å². The van der Waals surface area contributed by atoms with Crippen molar-refractivity contribution >= 4 is 11.6 Å². The Morgan fingerprint density at radius 3 is 2.42 bits per heavy atom. The van der Waals surface area contributed by atoms with E-state index in [9.17, 15) is 4.79 Å². The summed E-state index contributed by atoms with van der Waals surface area (Å²) in [4.78, 5) is 15.0. The van der Waals surface area contributed by atoms with E-state index in [0.717, 1.165) is 38.2 Å². The van der Waals surface area contributed by atoms with Crippen LogP contribution >= 0.6 is 0 Å².